The summed E-state index contributed by atoms with van der Waals surface area (Å²) in [6, 6.07) is 4.02. The van der Waals surface area contributed by atoms with Gasteiger partial charge in [0.2, 0.25) is 0 Å². The van der Waals surface area contributed by atoms with E-state index in [-0.39, 0.29) is 46.8 Å². The summed E-state index contributed by atoms with van der Waals surface area (Å²) in [5.74, 6) is -1.05. The van der Waals surface area contributed by atoms with Crippen molar-refractivity contribution in [3.05, 3.63) is 52.6 Å². The lowest BCUT2D eigenvalue weighted by Gasteiger charge is -2.24. The van der Waals surface area contributed by atoms with Gasteiger partial charge in [0, 0.05) is 24.0 Å². The number of benzene rings is 1. The summed E-state index contributed by atoms with van der Waals surface area (Å²) in [5, 5.41) is 20.8. The third-order valence-corrected chi connectivity index (χ3v) is 5.79. The van der Waals surface area contributed by atoms with E-state index in [0.717, 1.165) is 6.07 Å². The van der Waals surface area contributed by atoms with E-state index < -0.39 is 41.8 Å². The number of aromatic nitrogens is 3. The van der Waals surface area contributed by atoms with Crippen LogP contribution in [0.25, 0.3) is 10.9 Å². The molecule has 1 aliphatic rings. The number of rotatable bonds is 5. The van der Waals surface area contributed by atoms with Crippen LogP contribution in [0.3, 0.4) is 0 Å². The van der Waals surface area contributed by atoms with Gasteiger partial charge in [-0.05, 0) is 26.3 Å². The first-order chi connectivity index (χ1) is 16.0. The van der Waals surface area contributed by atoms with Crippen molar-refractivity contribution in [2.45, 2.75) is 45.0 Å². The second kappa shape index (κ2) is 8.90. The number of nitrogens with zero attached hydrogens (tertiary/aromatic N) is 4. The van der Waals surface area contributed by atoms with Crippen molar-refractivity contribution < 1.29 is 31.4 Å². The van der Waals surface area contributed by atoms with Gasteiger partial charge in [-0.2, -0.15) is 18.3 Å². The van der Waals surface area contributed by atoms with E-state index in [2.05, 4.69) is 20.5 Å². The molecule has 0 radical (unpaired) electrons. The second-order valence-electron chi connectivity index (χ2n) is 8.19. The molecule has 1 aromatic carbocycles. The quantitative estimate of drug-likeness (QED) is 0.486. The molecule has 0 aliphatic carbocycles. The highest BCUT2D eigenvalue weighted by atomic mass is 19.4. The fraction of sp³-hybridized carbons (Fsp3) is 0.409. The molecule has 1 fully saturated rings. The summed E-state index contributed by atoms with van der Waals surface area (Å²) in [6.45, 7) is 3.19. The molecule has 3 heterocycles. The van der Waals surface area contributed by atoms with Gasteiger partial charge in [0.05, 0.1) is 34.6 Å². The fourth-order valence-corrected chi connectivity index (χ4v) is 4.06. The van der Waals surface area contributed by atoms with Crippen LogP contribution in [-0.4, -0.2) is 39.5 Å². The summed E-state index contributed by atoms with van der Waals surface area (Å²) >= 11 is 0. The van der Waals surface area contributed by atoms with Crippen molar-refractivity contribution in [1.29, 1.82) is 0 Å². The van der Waals surface area contributed by atoms with Crippen LogP contribution in [0.2, 0.25) is 0 Å². The van der Waals surface area contributed by atoms with Crippen molar-refractivity contribution >= 4 is 22.4 Å². The van der Waals surface area contributed by atoms with Crippen molar-refractivity contribution in [3.8, 4) is 0 Å². The molecule has 1 aliphatic heterocycles. The number of hydrogen-bond donors (Lipinski definition) is 2. The molecule has 4 rings (SSSR count). The van der Waals surface area contributed by atoms with Gasteiger partial charge in [-0.25, -0.2) is 18.2 Å². The zero-order chi connectivity index (χ0) is 24.8. The van der Waals surface area contributed by atoms with E-state index >= 15 is 0 Å². The highest BCUT2D eigenvalue weighted by Crippen LogP contribution is 2.40. The minimum absolute atomic E-state index is 0.0125. The Kier molecular flexibility index (Phi) is 6.28. The molecule has 3 aromatic rings. The average molecular weight is 485 g/mol. The van der Waals surface area contributed by atoms with Crippen molar-refractivity contribution in [2.24, 2.45) is 0 Å². The smallest absolute Gasteiger partial charge is 0.391 e. The minimum Gasteiger partial charge on any atom is -0.391 e. The molecule has 0 unspecified atom stereocenters. The van der Waals surface area contributed by atoms with E-state index in [1.165, 1.54) is 36.9 Å². The summed E-state index contributed by atoms with van der Waals surface area (Å²) in [4.78, 5) is 5.24. The highest BCUT2D eigenvalue weighted by molar-refractivity contribution is 5.93. The van der Waals surface area contributed by atoms with E-state index in [1.807, 2.05) is 0 Å². The van der Waals surface area contributed by atoms with Crippen LogP contribution in [0.15, 0.2) is 24.3 Å². The van der Waals surface area contributed by atoms with Gasteiger partial charge in [0.15, 0.2) is 11.5 Å². The number of anilines is 2. The lowest BCUT2D eigenvalue weighted by atomic mass is 10.0. The topological polar surface area (TPSA) is 74.2 Å². The molecule has 2 N–H and O–H groups in total. The van der Waals surface area contributed by atoms with E-state index in [1.54, 1.807) is 0 Å². The first-order valence-corrected chi connectivity index (χ1v) is 10.5. The lowest BCUT2D eigenvalue weighted by Crippen LogP contribution is -2.25. The number of aryl methyl sites for hydroxylation is 1. The zero-order valence-electron chi connectivity index (χ0n) is 18.2. The zero-order valence-corrected chi connectivity index (χ0v) is 18.2. The van der Waals surface area contributed by atoms with Gasteiger partial charge in [-0.3, -0.25) is 0 Å². The van der Waals surface area contributed by atoms with Gasteiger partial charge in [0.25, 0.3) is 6.43 Å². The second-order valence-corrected chi connectivity index (χ2v) is 8.19. The standard InChI is InChI=1S/C22H21F6N5O/c1-10(13-4-3-5-14(17(13)23)20(24)25)29-21-15-8-16(33-7-6-12(34)9-33)19(22(26,27)28)30-18(15)11(2)31-32-21/h3-5,8,10,12,20,34H,6-7,9H2,1-2H3,(H,29,32)/t10-,12+/m1/s1. The van der Waals surface area contributed by atoms with Crippen LogP contribution in [0.1, 0.15) is 48.3 Å². The molecule has 6 nitrogen and oxygen atoms in total. The average Bonchev–Trinajstić information content (AvgIpc) is 3.20. The molecule has 0 saturated carbocycles. The minimum atomic E-state index is -4.76. The van der Waals surface area contributed by atoms with Crippen molar-refractivity contribution in [2.75, 3.05) is 23.3 Å². The SMILES string of the molecule is Cc1nnc(N[C@H](C)c2cccc(C(F)F)c2F)c2cc(N3CC[C@H](O)C3)c(C(F)(F)F)nc12. The molecule has 1 saturated heterocycles. The Morgan fingerprint density at radius 1 is 1.18 bits per heavy atom. The maximum atomic E-state index is 14.6. The number of nitrogens with one attached hydrogen (secondary N) is 1. The lowest BCUT2D eigenvalue weighted by molar-refractivity contribution is -0.140. The van der Waals surface area contributed by atoms with Crippen molar-refractivity contribution in [1.82, 2.24) is 15.2 Å². The number of fused-ring (bicyclic) bond motifs is 1. The summed E-state index contributed by atoms with van der Waals surface area (Å²) < 4.78 is 82.3. The van der Waals surface area contributed by atoms with E-state index in [0.29, 0.717) is 6.42 Å². The Balaban J connectivity index is 1.81. The predicted octanol–water partition coefficient (Wildman–Crippen LogP) is 5.17. The molecule has 2 aromatic heterocycles. The van der Waals surface area contributed by atoms with Crippen LogP contribution >= 0.6 is 0 Å². The van der Waals surface area contributed by atoms with Gasteiger partial charge in [0.1, 0.15) is 5.82 Å². The van der Waals surface area contributed by atoms with Crippen molar-refractivity contribution in [3.63, 3.8) is 0 Å². The molecule has 182 valence electrons. The van der Waals surface area contributed by atoms with Gasteiger partial charge >= 0.3 is 6.18 Å². The van der Waals surface area contributed by atoms with E-state index in [4.69, 9.17) is 0 Å². The maximum Gasteiger partial charge on any atom is 0.435 e. The van der Waals surface area contributed by atoms with Crippen LogP contribution < -0.4 is 10.2 Å². The Labute approximate surface area is 190 Å². The highest BCUT2D eigenvalue weighted by Gasteiger charge is 2.39. The molecule has 2 atom stereocenters. The Morgan fingerprint density at radius 3 is 2.50 bits per heavy atom. The fourth-order valence-electron chi connectivity index (χ4n) is 4.06. The summed E-state index contributed by atoms with van der Waals surface area (Å²) in [6.07, 6.45) is -8.22. The number of β-amino-alcohol motifs (C(OH)–C–C–N with tert-alkyl or cyclic N) is 1. The summed E-state index contributed by atoms with van der Waals surface area (Å²) in [7, 11) is 0. The molecule has 12 heteroatoms. The number of aliphatic hydroxyl groups excluding tert-OH is 1. The van der Waals surface area contributed by atoms with Crippen LogP contribution in [0.5, 0.6) is 0 Å². The molecule has 0 bridgehead atoms. The van der Waals surface area contributed by atoms with Crippen LogP contribution in [-0.2, 0) is 6.18 Å². The number of hydrogen-bond acceptors (Lipinski definition) is 6. The predicted molar refractivity (Wildman–Crippen MR) is 113 cm³/mol. The van der Waals surface area contributed by atoms with Gasteiger partial charge in [-0.1, -0.05) is 18.2 Å². The molecule has 0 spiro atoms. The Morgan fingerprint density at radius 2 is 1.88 bits per heavy atom. The summed E-state index contributed by atoms with van der Waals surface area (Å²) in [5.41, 5.74) is -2.04. The molecular weight excluding hydrogens is 464 g/mol. The normalized spacial score (nSPS) is 17.6. The monoisotopic (exact) mass is 485 g/mol. The van der Waals surface area contributed by atoms with E-state index in [9.17, 15) is 31.4 Å². The maximum absolute atomic E-state index is 14.6. The van der Waals surface area contributed by atoms with Gasteiger partial charge in [-0.15, -0.1) is 5.10 Å². The number of pyridine rings is 1. The first kappa shape index (κ1) is 24.0. The number of alkyl halides is 5. The number of halogens is 6. The van der Waals surface area contributed by atoms with Crippen LogP contribution in [0, 0.1) is 12.7 Å². The molecular formula is C22H21F6N5O. The Hall–Kier alpha value is -3.15. The van der Waals surface area contributed by atoms with Crippen LogP contribution in [0.4, 0.5) is 37.8 Å². The first-order valence-electron chi connectivity index (χ1n) is 10.5. The third kappa shape index (κ3) is 4.46. The largest absolute Gasteiger partial charge is 0.435 e. The number of aliphatic hydroxyl groups is 1. The molecule has 0 amide bonds. The third-order valence-electron chi connectivity index (χ3n) is 5.79. The Bertz CT molecular complexity index is 1220. The molecule has 34 heavy (non-hydrogen) atoms. The van der Waals surface area contributed by atoms with Gasteiger partial charge < -0.3 is 15.3 Å².